The molecule has 172 valence electrons. The maximum atomic E-state index is 12.9. The van der Waals surface area contributed by atoms with Gasteiger partial charge in [-0.15, -0.1) is 24.8 Å². The van der Waals surface area contributed by atoms with E-state index in [0.29, 0.717) is 31.6 Å². The highest BCUT2D eigenvalue weighted by Gasteiger charge is 2.29. The van der Waals surface area contributed by atoms with Crippen LogP contribution in [0.3, 0.4) is 0 Å². The number of halogens is 2. The van der Waals surface area contributed by atoms with Crippen LogP contribution in [-0.2, 0) is 16.6 Å². The van der Waals surface area contributed by atoms with Gasteiger partial charge in [0.15, 0.2) is 0 Å². The Morgan fingerprint density at radius 1 is 1.20 bits per heavy atom. The zero-order valence-electron chi connectivity index (χ0n) is 18.2. The van der Waals surface area contributed by atoms with E-state index >= 15 is 0 Å². The number of likely N-dealkylation sites (N-methyl/N-ethyl adjacent to an activating group) is 1. The molecule has 3 rings (SSSR count). The summed E-state index contributed by atoms with van der Waals surface area (Å²) in [7, 11) is 3.64. The van der Waals surface area contributed by atoms with Crippen LogP contribution in [0, 0.1) is 5.92 Å². The van der Waals surface area contributed by atoms with Crippen LogP contribution >= 0.6 is 24.8 Å². The SMILES string of the molecule is CNC(C(=O)N1CCN(CC(=O)NC2CCCC(C)C2)CC1)c1cnn(C)c1.Cl.Cl. The van der Waals surface area contributed by atoms with Crippen molar-refractivity contribution in [3.63, 3.8) is 0 Å². The maximum Gasteiger partial charge on any atom is 0.244 e. The Morgan fingerprint density at radius 3 is 2.47 bits per heavy atom. The molecule has 0 aromatic carbocycles. The highest BCUT2D eigenvalue weighted by Crippen LogP contribution is 2.23. The Bertz CT molecular complexity index is 678. The third-order valence-electron chi connectivity index (χ3n) is 5.95. The second kappa shape index (κ2) is 12.5. The molecule has 10 heteroatoms. The van der Waals surface area contributed by atoms with Crippen molar-refractivity contribution in [1.29, 1.82) is 0 Å². The van der Waals surface area contributed by atoms with E-state index < -0.39 is 0 Å². The van der Waals surface area contributed by atoms with Crippen LogP contribution in [0.2, 0.25) is 0 Å². The molecule has 2 amide bonds. The van der Waals surface area contributed by atoms with Gasteiger partial charge in [0.25, 0.3) is 0 Å². The average molecular weight is 463 g/mol. The molecule has 1 aliphatic carbocycles. The second-order valence-corrected chi connectivity index (χ2v) is 8.31. The quantitative estimate of drug-likeness (QED) is 0.666. The van der Waals surface area contributed by atoms with Crippen molar-refractivity contribution in [2.45, 2.75) is 44.7 Å². The molecule has 3 unspecified atom stereocenters. The van der Waals surface area contributed by atoms with E-state index in [2.05, 4.69) is 27.6 Å². The first-order valence-corrected chi connectivity index (χ1v) is 10.4. The summed E-state index contributed by atoms with van der Waals surface area (Å²) in [6.45, 7) is 5.42. The number of aromatic nitrogens is 2. The van der Waals surface area contributed by atoms with Gasteiger partial charge in [-0.25, -0.2) is 0 Å². The van der Waals surface area contributed by atoms with Gasteiger partial charge in [0.05, 0.1) is 12.7 Å². The first-order valence-electron chi connectivity index (χ1n) is 10.4. The van der Waals surface area contributed by atoms with Crippen molar-refractivity contribution in [2.75, 3.05) is 39.8 Å². The fraction of sp³-hybridized carbons (Fsp3) is 0.750. The number of carbonyl (C=O) groups is 2. The first kappa shape index (κ1) is 26.7. The van der Waals surface area contributed by atoms with Crippen molar-refractivity contribution < 1.29 is 9.59 Å². The normalized spacial score (nSPS) is 23.1. The molecule has 2 aliphatic rings. The van der Waals surface area contributed by atoms with E-state index in [9.17, 15) is 9.59 Å². The van der Waals surface area contributed by atoms with Crippen LogP contribution in [0.4, 0.5) is 0 Å². The lowest BCUT2D eigenvalue weighted by atomic mass is 9.87. The number of nitrogens with one attached hydrogen (secondary N) is 2. The molecule has 1 aromatic rings. The molecule has 2 fully saturated rings. The van der Waals surface area contributed by atoms with E-state index in [1.54, 1.807) is 17.9 Å². The first-order chi connectivity index (χ1) is 13.5. The van der Waals surface area contributed by atoms with Crippen LogP contribution in [0.15, 0.2) is 12.4 Å². The largest absolute Gasteiger partial charge is 0.352 e. The molecule has 2 heterocycles. The molecule has 8 nitrogen and oxygen atoms in total. The number of piperazine rings is 1. The summed E-state index contributed by atoms with van der Waals surface area (Å²) in [6.07, 6.45) is 8.26. The fourth-order valence-electron chi connectivity index (χ4n) is 4.37. The zero-order valence-corrected chi connectivity index (χ0v) is 19.8. The average Bonchev–Trinajstić information content (AvgIpc) is 3.08. The Morgan fingerprint density at radius 2 is 1.90 bits per heavy atom. The van der Waals surface area contributed by atoms with Crippen molar-refractivity contribution in [1.82, 2.24) is 30.2 Å². The van der Waals surface area contributed by atoms with Gasteiger partial charge in [-0.2, -0.15) is 5.10 Å². The summed E-state index contributed by atoms with van der Waals surface area (Å²) >= 11 is 0. The number of hydrogen-bond acceptors (Lipinski definition) is 5. The standard InChI is InChI=1S/C20H34N6O2.2ClH/c1-15-5-4-6-17(11-15)23-18(27)14-25-7-9-26(10-8-25)20(28)19(21-2)16-12-22-24(3)13-16;;/h12-13,15,17,19,21H,4-11,14H2,1-3H3,(H,23,27);2*1H. The predicted molar refractivity (Wildman–Crippen MR) is 122 cm³/mol. The smallest absolute Gasteiger partial charge is 0.244 e. The molecule has 1 saturated carbocycles. The summed E-state index contributed by atoms with van der Waals surface area (Å²) < 4.78 is 1.70. The van der Waals surface area contributed by atoms with E-state index in [4.69, 9.17) is 0 Å². The molecular weight excluding hydrogens is 427 g/mol. The Kier molecular flexibility index (Phi) is 11.1. The van der Waals surface area contributed by atoms with Gasteiger partial charge in [0, 0.05) is 51.0 Å². The topological polar surface area (TPSA) is 82.5 Å². The molecular formula is C20H36Cl2N6O2. The number of hydrogen-bond donors (Lipinski definition) is 2. The van der Waals surface area contributed by atoms with Crippen LogP contribution in [-0.4, -0.2) is 77.2 Å². The zero-order chi connectivity index (χ0) is 20.1. The lowest BCUT2D eigenvalue weighted by molar-refractivity contribution is -0.135. The molecule has 2 N–H and O–H groups in total. The van der Waals surface area contributed by atoms with E-state index in [1.807, 2.05) is 18.1 Å². The highest BCUT2D eigenvalue weighted by atomic mass is 35.5. The summed E-state index contributed by atoms with van der Waals surface area (Å²) in [4.78, 5) is 29.3. The number of rotatable bonds is 6. The van der Waals surface area contributed by atoms with E-state index in [1.165, 1.54) is 12.8 Å². The monoisotopic (exact) mass is 462 g/mol. The van der Waals surface area contributed by atoms with Crippen LogP contribution in [0.25, 0.3) is 0 Å². The van der Waals surface area contributed by atoms with Gasteiger partial charge in [0.2, 0.25) is 11.8 Å². The summed E-state index contributed by atoms with van der Waals surface area (Å²) in [5.74, 6) is 0.881. The molecule has 1 aliphatic heterocycles. The molecule has 1 saturated heterocycles. The Labute approximate surface area is 191 Å². The number of carbonyl (C=O) groups excluding carboxylic acids is 2. The van der Waals surface area contributed by atoms with Gasteiger partial charge < -0.3 is 15.5 Å². The molecule has 1 aromatic heterocycles. The third-order valence-corrected chi connectivity index (χ3v) is 5.95. The maximum absolute atomic E-state index is 12.9. The minimum Gasteiger partial charge on any atom is -0.352 e. The molecule has 0 radical (unpaired) electrons. The van der Waals surface area contributed by atoms with E-state index in [-0.39, 0.29) is 42.7 Å². The minimum atomic E-state index is -0.378. The van der Waals surface area contributed by atoms with Crippen LogP contribution in [0.5, 0.6) is 0 Å². The van der Waals surface area contributed by atoms with Gasteiger partial charge in [-0.1, -0.05) is 19.8 Å². The van der Waals surface area contributed by atoms with Gasteiger partial charge in [0.1, 0.15) is 6.04 Å². The molecule has 0 bridgehead atoms. The molecule has 3 atom stereocenters. The minimum absolute atomic E-state index is 0. The predicted octanol–water partition coefficient (Wildman–Crippen LogP) is 1.36. The number of nitrogens with zero attached hydrogens (tertiary/aromatic N) is 4. The van der Waals surface area contributed by atoms with E-state index in [0.717, 1.165) is 31.5 Å². The molecule has 0 spiro atoms. The molecule has 30 heavy (non-hydrogen) atoms. The summed E-state index contributed by atoms with van der Waals surface area (Å²) in [6, 6.07) is -0.0492. The lowest BCUT2D eigenvalue weighted by Gasteiger charge is -2.36. The van der Waals surface area contributed by atoms with Gasteiger partial charge in [-0.3, -0.25) is 19.2 Å². The van der Waals surface area contributed by atoms with Gasteiger partial charge in [-0.05, 0) is 25.8 Å². The van der Waals surface area contributed by atoms with Crippen molar-refractivity contribution in [2.24, 2.45) is 13.0 Å². The number of amides is 2. The van der Waals surface area contributed by atoms with Gasteiger partial charge >= 0.3 is 0 Å². The highest BCUT2D eigenvalue weighted by molar-refractivity contribution is 5.85. The lowest BCUT2D eigenvalue weighted by Crippen LogP contribution is -2.53. The Balaban J connectivity index is 0.00000225. The van der Waals surface area contributed by atoms with Crippen molar-refractivity contribution >= 4 is 36.6 Å². The van der Waals surface area contributed by atoms with Crippen LogP contribution in [0.1, 0.15) is 44.2 Å². The summed E-state index contributed by atoms with van der Waals surface area (Å²) in [5, 5.41) is 10.5. The third kappa shape index (κ3) is 7.11. The Hall–Kier alpha value is -1.35. The second-order valence-electron chi connectivity index (χ2n) is 8.31. The summed E-state index contributed by atoms with van der Waals surface area (Å²) in [5.41, 5.74) is 0.874. The number of aryl methyl sites for hydroxylation is 1. The fourth-order valence-corrected chi connectivity index (χ4v) is 4.37. The van der Waals surface area contributed by atoms with Crippen molar-refractivity contribution in [3.05, 3.63) is 18.0 Å². The van der Waals surface area contributed by atoms with Crippen molar-refractivity contribution in [3.8, 4) is 0 Å². The van der Waals surface area contributed by atoms with Crippen LogP contribution < -0.4 is 10.6 Å².